The van der Waals surface area contributed by atoms with Gasteiger partial charge >= 0.3 is 0 Å². The van der Waals surface area contributed by atoms with E-state index in [0.717, 1.165) is 0 Å². The van der Waals surface area contributed by atoms with Crippen LogP contribution in [0.3, 0.4) is 0 Å². The topological polar surface area (TPSA) is 12.0 Å². The van der Waals surface area contributed by atoms with Crippen LogP contribution in [0.1, 0.15) is 19.8 Å². The minimum Gasteiger partial charge on any atom is -0.310 e. The van der Waals surface area contributed by atoms with Crippen LogP contribution >= 0.6 is 0 Å². The number of hydrogen-bond donors (Lipinski definition) is 1. The Morgan fingerprint density at radius 1 is 1.75 bits per heavy atom. The molecule has 46 valence electrons. The second-order valence-electron chi connectivity index (χ2n) is 2.50. The van der Waals surface area contributed by atoms with Gasteiger partial charge in [-0.3, -0.25) is 0 Å². The lowest BCUT2D eigenvalue weighted by Crippen LogP contribution is -2.21. The van der Waals surface area contributed by atoms with Gasteiger partial charge in [-0.05, 0) is 26.3 Å². The van der Waals surface area contributed by atoms with Crippen molar-refractivity contribution < 1.29 is 0 Å². The summed E-state index contributed by atoms with van der Waals surface area (Å²) in [6.45, 7) is 7.14. The zero-order valence-electron chi connectivity index (χ0n) is 5.41. The maximum Gasteiger partial charge on any atom is 0.0274 e. The molecule has 0 spiro atoms. The molecule has 1 N–H and O–H groups in total. The van der Waals surface area contributed by atoms with E-state index in [1.807, 2.05) is 0 Å². The van der Waals surface area contributed by atoms with Crippen molar-refractivity contribution in [3.63, 3.8) is 0 Å². The van der Waals surface area contributed by atoms with Crippen molar-refractivity contribution in [2.75, 3.05) is 6.54 Å². The van der Waals surface area contributed by atoms with E-state index < -0.39 is 0 Å². The van der Waals surface area contributed by atoms with Gasteiger partial charge in [0.1, 0.15) is 0 Å². The molecule has 1 fully saturated rings. The third-order valence-corrected chi connectivity index (χ3v) is 1.66. The van der Waals surface area contributed by atoms with E-state index >= 15 is 0 Å². The standard InChI is InChI=1S/C7H13N/c1-6(2)7-4-3-5-8-7/h7-8H,1,3-5H2,2H3/t7-/m1/s1. The molecule has 0 aliphatic carbocycles. The van der Waals surface area contributed by atoms with Crippen molar-refractivity contribution in [3.05, 3.63) is 12.2 Å². The van der Waals surface area contributed by atoms with Crippen molar-refractivity contribution in [1.82, 2.24) is 5.32 Å². The SMILES string of the molecule is C=C(C)[C@H]1CCCN1. The highest BCUT2D eigenvalue weighted by Gasteiger charge is 2.12. The first-order valence-corrected chi connectivity index (χ1v) is 3.19. The van der Waals surface area contributed by atoms with Crippen LogP contribution in [-0.2, 0) is 0 Å². The predicted octanol–water partition coefficient (Wildman–Crippen LogP) is 1.31. The molecule has 1 saturated heterocycles. The summed E-state index contributed by atoms with van der Waals surface area (Å²) in [6, 6.07) is 0.620. The minimum absolute atomic E-state index is 0.620. The van der Waals surface area contributed by atoms with Gasteiger partial charge in [0.2, 0.25) is 0 Å². The fraction of sp³-hybridized carbons (Fsp3) is 0.714. The molecule has 0 saturated carbocycles. The zero-order chi connectivity index (χ0) is 5.98. The van der Waals surface area contributed by atoms with Crippen LogP contribution in [0.4, 0.5) is 0 Å². The van der Waals surface area contributed by atoms with Gasteiger partial charge in [0, 0.05) is 6.04 Å². The van der Waals surface area contributed by atoms with Crippen molar-refractivity contribution >= 4 is 0 Å². The van der Waals surface area contributed by atoms with Crippen LogP contribution in [0.15, 0.2) is 12.2 Å². The molecule has 0 amide bonds. The summed E-state index contributed by atoms with van der Waals surface area (Å²) in [5, 5.41) is 3.36. The molecule has 0 unspecified atom stereocenters. The van der Waals surface area contributed by atoms with Crippen LogP contribution < -0.4 is 5.32 Å². The van der Waals surface area contributed by atoms with Crippen LogP contribution in [-0.4, -0.2) is 12.6 Å². The normalized spacial score (nSPS) is 28.4. The van der Waals surface area contributed by atoms with E-state index in [-0.39, 0.29) is 0 Å². The van der Waals surface area contributed by atoms with Gasteiger partial charge in [-0.2, -0.15) is 0 Å². The molecule has 0 aromatic rings. The van der Waals surface area contributed by atoms with Gasteiger partial charge in [0.25, 0.3) is 0 Å². The number of nitrogens with one attached hydrogen (secondary N) is 1. The predicted molar refractivity (Wildman–Crippen MR) is 35.8 cm³/mol. The molecular formula is C7H13N. The van der Waals surface area contributed by atoms with Gasteiger partial charge in [-0.1, -0.05) is 12.2 Å². The Bertz CT molecular complexity index is 90.6. The quantitative estimate of drug-likeness (QED) is 0.503. The Morgan fingerprint density at radius 2 is 2.50 bits per heavy atom. The molecule has 1 heteroatoms. The first-order valence-electron chi connectivity index (χ1n) is 3.19. The summed E-state index contributed by atoms with van der Waals surface area (Å²) < 4.78 is 0. The van der Waals surface area contributed by atoms with Gasteiger partial charge in [-0.25, -0.2) is 0 Å². The van der Waals surface area contributed by atoms with Crippen LogP contribution in [0, 0.1) is 0 Å². The fourth-order valence-corrected chi connectivity index (χ4v) is 1.11. The molecule has 0 aromatic heterocycles. The zero-order valence-corrected chi connectivity index (χ0v) is 5.41. The lowest BCUT2D eigenvalue weighted by molar-refractivity contribution is 0.692. The molecule has 1 nitrogen and oxygen atoms in total. The number of hydrogen-bond acceptors (Lipinski definition) is 1. The summed E-state index contributed by atoms with van der Waals surface area (Å²) in [6.07, 6.45) is 2.60. The summed E-state index contributed by atoms with van der Waals surface area (Å²) in [5.74, 6) is 0. The van der Waals surface area contributed by atoms with Gasteiger partial charge in [-0.15, -0.1) is 0 Å². The van der Waals surface area contributed by atoms with Crippen molar-refractivity contribution in [3.8, 4) is 0 Å². The second kappa shape index (κ2) is 2.31. The summed E-state index contributed by atoms with van der Waals surface area (Å²) in [4.78, 5) is 0. The first kappa shape index (κ1) is 5.83. The van der Waals surface area contributed by atoms with Crippen LogP contribution in [0.2, 0.25) is 0 Å². The monoisotopic (exact) mass is 111 g/mol. The highest BCUT2D eigenvalue weighted by atomic mass is 14.9. The molecular weight excluding hydrogens is 98.1 g/mol. The van der Waals surface area contributed by atoms with E-state index in [9.17, 15) is 0 Å². The lowest BCUT2D eigenvalue weighted by Gasteiger charge is -2.06. The second-order valence-corrected chi connectivity index (χ2v) is 2.50. The summed E-state index contributed by atoms with van der Waals surface area (Å²) in [5.41, 5.74) is 1.28. The van der Waals surface area contributed by atoms with E-state index in [1.165, 1.54) is 25.0 Å². The van der Waals surface area contributed by atoms with Crippen LogP contribution in [0.5, 0.6) is 0 Å². The Morgan fingerprint density at radius 3 is 2.75 bits per heavy atom. The lowest BCUT2D eigenvalue weighted by atomic mass is 10.1. The Hall–Kier alpha value is -0.300. The van der Waals surface area contributed by atoms with E-state index in [4.69, 9.17) is 0 Å². The highest BCUT2D eigenvalue weighted by molar-refractivity contribution is 5.03. The number of rotatable bonds is 1. The smallest absolute Gasteiger partial charge is 0.0274 e. The molecule has 1 aliphatic rings. The van der Waals surface area contributed by atoms with Gasteiger partial charge in [0.15, 0.2) is 0 Å². The molecule has 1 rings (SSSR count). The third-order valence-electron chi connectivity index (χ3n) is 1.66. The highest BCUT2D eigenvalue weighted by Crippen LogP contribution is 2.10. The van der Waals surface area contributed by atoms with Crippen LogP contribution in [0.25, 0.3) is 0 Å². The van der Waals surface area contributed by atoms with E-state index in [2.05, 4.69) is 18.8 Å². The average molecular weight is 111 g/mol. The first-order chi connectivity index (χ1) is 3.80. The fourth-order valence-electron chi connectivity index (χ4n) is 1.11. The Kier molecular flexibility index (Phi) is 1.69. The summed E-state index contributed by atoms with van der Waals surface area (Å²) in [7, 11) is 0. The average Bonchev–Trinajstić information content (AvgIpc) is 2.12. The van der Waals surface area contributed by atoms with Gasteiger partial charge in [0.05, 0.1) is 0 Å². The van der Waals surface area contributed by atoms with E-state index in [1.54, 1.807) is 0 Å². The van der Waals surface area contributed by atoms with E-state index in [0.29, 0.717) is 6.04 Å². The van der Waals surface area contributed by atoms with Crippen molar-refractivity contribution in [1.29, 1.82) is 0 Å². The van der Waals surface area contributed by atoms with Gasteiger partial charge < -0.3 is 5.32 Å². The maximum absolute atomic E-state index is 3.87. The molecule has 1 aliphatic heterocycles. The molecule has 8 heavy (non-hydrogen) atoms. The molecule has 0 bridgehead atoms. The molecule has 0 radical (unpaired) electrons. The Labute approximate surface area is 50.8 Å². The third kappa shape index (κ3) is 1.10. The summed E-state index contributed by atoms with van der Waals surface area (Å²) >= 11 is 0. The largest absolute Gasteiger partial charge is 0.310 e. The molecule has 1 atom stereocenters. The molecule has 1 heterocycles. The van der Waals surface area contributed by atoms with Crippen molar-refractivity contribution in [2.45, 2.75) is 25.8 Å². The minimum atomic E-state index is 0.620. The Balaban J connectivity index is 2.35. The van der Waals surface area contributed by atoms with Crippen molar-refractivity contribution in [2.24, 2.45) is 0 Å². The molecule has 0 aromatic carbocycles. The maximum atomic E-state index is 3.87.